The zero-order valence-corrected chi connectivity index (χ0v) is 7.35. The molecule has 0 aliphatic heterocycles. The fraction of sp³-hybridized carbons (Fsp3) is 0.222. The number of rotatable bonds is 1. The second-order valence-corrected chi connectivity index (χ2v) is 2.84. The second kappa shape index (κ2) is 3.32. The summed E-state index contributed by atoms with van der Waals surface area (Å²) in [5, 5.41) is 0. The van der Waals surface area contributed by atoms with E-state index >= 15 is 0 Å². The van der Waals surface area contributed by atoms with Gasteiger partial charge in [0.25, 0.3) is 0 Å². The molecule has 0 aliphatic carbocycles. The first-order chi connectivity index (χ1) is 6.34. The largest absolute Gasteiger partial charge is 0.416 e. The van der Waals surface area contributed by atoms with E-state index in [0.717, 1.165) is 12.1 Å². The van der Waals surface area contributed by atoms with E-state index in [4.69, 9.17) is 5.73 Å². The van der Waals surface area contributed by atoms with Gasteiger partial charge in [0, 0.05) is 5.56 Å². The van der Waals surface area contributed by atoms with Crippen molar-refractivity contribution >= 4 is 5.91 Å². The van der Waals surface area contributed by atoms with Gasteiger partial charge < -0.3 is 5.73 Å². The van der Waals surface area contributed by atoms with Crippen LogP contribution in [0.2, 0.25) is 0 Å². The van der Waals surface area contributed by atoms with E-state index in [9.17, 15) is 18.0 Å². The second-order valence-electron chi connectivity index (χ2n) is 2.84. The van der Waals surface area contributed by atoms with Crippen LogP contribution in [0.1, 0.15) is 21.5 Å². The minimum atomic E-state index is -4.45. The van der Waals surface area contributed by atoms with E-state index in [1.165, 1.54) is 13.0 Å². The molecule has 0 atom stereocenters. The van der Waals surface area contributed by atoms with Crippen LogP contribution in [0.15, 0.2) is 18.2 Å². The molecule has 0 saturated heterocycles. The maximum absolute atomic E-state index is 12.3. The van der Waals surface area contributed by atoms with Gasteiger partial charge in [0.05, 0.1) is 5.56 Å². The van der Waals surface area contributed by atoms with Crippen molar-refractivity contribution in [3.05, 3.63) is 34.9 Å². The molecule has 0 bridgehead atoms. The third-order valence-electron chi connectivity index (χ3n) is 1.90. The Bertz CT molecular complexity index is 371. The first-order valence-corrected chi connectivity index (χ1v) is 3.80. The fourth-order valence-corrected chi connectivity index (χ4v) is 1.21. The number of carbonyl (C=O) groups excluding carboxylic acids is 1. The van der Waals surface area contributed by atoms with Crippen molar-refractivity contribution in [2.24, 2.45) is 5.73 Å². The van der Waals surface area contributed by atoms with Crippen molar-refractivity contribution in [3.63, 3.8) is 0 Å². The van der Waals surface area contributed by atoms with Crippen molar-refractivity contribution in [1.82, 2.24) is 0 Å². The molecule has 2 nitrogen and oxygen atoms in total. The van der Waals surface area contributed by atoms with E-state index < -0.39 is 17.6 Å². The van der Waals surface area contributed by atoms with Gasteiger partial charge in [-0.05, 0) is 24.6 Å². The SMILES string of the molecule is Cc1c(C(N)=O)cccc1C(F)(F)F. The predicted molar refractivity (Wildman–Crippen MR) is 44.7 cm³/mol. The summed E-state index contributed by atoms with van der Waals surface area (Å²) >= 11 is 0. The van der Waals surface area contributed by atoms with Crippen LogP contribution < -0.4 is 5.73 Å². The molecule has 0 aliphatic rings. The highest BCUT2D eigenvalue weighted by Gasteiger charge is 2.33. The third kappa shape index (κ3) is 1.86. The van der Waals surface area contributed by atoms with Gasteiger partial charge in [-0.25, -0.2) is 0 Å². The summed E-state index contributed by atoms with van der Waals surface area (Å²) in [6.45, 7) is 1.23. The molecule has 2 N–H and O–H groups in total. The Kier molecular flexibility index (Phi) is 2.51. The molecule has 0 radical (unpaired) electrons. The summed E-state index contributed by atoms with van der Waals surface area (Å²) in [6.07, 6.45) is -4.45. The topological polar surface area (TPSA) is 43.1 Å². The molecule has 76 valence electrons. The Hall–Kier alpha value is -1.52. The average molecular weight is 203 g/mol. The Balaban J connectivity index is 3.35. The van der Waals surface area contributed by atoms with Gasteiger partial charge in [0.2, 0.25) is 5.91 Å². The van der Waals surface area contributed by atoms with Crippen molar-refractivity contribution in [1.29, 1.82) is 0 Å². The van der Waals surface area contributed by atoms with E-state index in [-0.39, 0.29) is 11.1 Å². The van der Waals surface area contributed by atoms with Crippen LogP contribution >= 0.6 is 0 Å². The Morgan fingerprint density at radius 2 is 1.93 bits per heavy atom. The van der Waals surface area contributed by atoms with Crippen LogP contribution in [0.4, 0.5) is 13.2 Å². The van der Waals surface area contributed by atoms with E-state index in [1.807, 2.05) is 0 Å². The molecule has 1 rings (SSSR count). The summed E-state index contributed by atoms with van der Waals surface area (Å²) in [5.41, 5.74) is 3.87. The lowest BCUT2D eigenvalue weighted by Gasteiger charge is -2.11. The summed E-state index contributed by atoms with van der Waals surface area (Å²) in [5.74, 6) is -0.853. The van der Waals surface area contributed by atoms with Gasteiger partial charge in [-0.15, -0.1) is 0 Å². The van der Waals surface area contributed by atoms with Crippen molar-refractivity contribution in [3.8, 4) is 0 Å². The molecule has 14 heavy (non-hydrogen) atoms. The monoisotopic (exact) mass is 203 g/mol. The molecular formula is C9H8F3NO. The summed E-state index contributed by atoms with van der Waals surface area (Å²) in [6, 6.07) is 3.35. The zero-order valence-electron chi connectivity index (χ0n) is 7.35. The van der Waals surface area contributed by atoms with E-state index in [0.29, 0.717) is 0 Å². The molecule has 1 aromatic rings. The van der Waals surface area contributed by atoms with Gasteiger partial charge in [-0.1, -0.05) is 6.07 Å². The van der Waals surface area contributed by atoms with Crippen LogP contribution in [0.5, 0.6) is 0 Å². The number of hydrogen-bond acceptors (Lipinski definition) is 1. The van der Waals surface area contributed by atoms with Crippen LogP contribution in [0, 0.1) is 6.92 Å². The molecule has 1 aromatic carbocycles. The molecule has 5 heteroatoms. The van der Waals surface area contributed by atoms with Gasteiger partial charge in [-0.2, -0.15) is 13.2 Å². The maximum atomic E-state index is 12.3. The molecule has 0 fully saturated rings. The number of nitrogens with two attached hydrogens (primary N) is 1. The Morgan fingerprint density at radius 3 is 2.36 bits per heavy atom. The lowest BCUT2D eigenvalue weighted by atomic mass is 10.0. The number of benzene rings is 1. The first kappa shape index (κ1) is 10.6. The smallest absolute Gasteiger partial charge is 0.366 e. The minimum Gasteiger partial charge on any atom is -0.366 e. The molecule has 0 saturated carbocycles. The van der Waals surface area contributed by atoms with Gasteiger partial charge in [-0.3, -0.25) is 4.79 Å². The number of carbonyl (C=O) groups is 1. The van der Waals surface area contributed by atoms with E-state index in [1.54, 1.807) is 0 Å². The van der Waals surface area contributed by atoms with Crippen LogP contribution in [0.25, 0.3) is 0 Å². The van der Waals surface area contributed by atoms with Crippen LogP contribution in [0.3, 0.4) is 0 Å². The Labute approximate surface area is 78.5 Å². The average Bonchev–Trinajstić information content (AvgIpc) is 2.01. The quantitative estimate of drug-likeness (QED) is 0.746. The molecule has 0 unspecified atom stereocenters. The number of halogens is 3. The van der Waals surface area contributed by atoms with Crippen LogP contribution in [-0.4, -0.2) is 5.91 Å². The lowest BCUT2D eigenvalue weighted by Crippen LogP contribution is -2.16. The zero-order chi connectivity index (χ0) is 10.9. The summed E-state index contributed by atoms with van der Waals surface area (Å²) in [4.78, 5) is 10.8. The molecule has 0 aromatic heterocycles. The lowest BCUT2D eigenvalue weighted by molar-refractivity contribution is -0.138. The van der Waals surface area contributed by atoms with Crippen molar-refractivity contribution in [2.75, 3.05) is 0 Å². The van der Waals surface area contributed by atoms with Crippen LogP contribution in [-0.2, 0) is 6.18 Å². The standard InChI is InChI=1S/C9H8F3NO/c1-5-6(8(13)14)3-2-4-7(5)9(10,11)12/h2-4H,1H3,(H2,13,14). The van der Waals surface area contributed by atoms with Gasteiger partial charge >= 0.3 is 6.18 Å². The number of primary amides is 1. The fourth-order valence-electron chi connectivity index (χ4n) is 1.21. The Morgan fingerprint density at radius 1 is 1.36 bits per heavy atom. The molecule has 0 spiro atoms. The molecular weight excluding hydrogens is 195 g/mol. The highest BCUT2D eigenvalue weighted by atomic mass is 19.4. The highest BCUT2D eigenvalue weighted by Crippen LogP contribution is 2.32. The van der Waals surface area contributed by atoms with E-state index in [2.05, 4.69) is 0 Å². The summed E-state index contributed by atoms with van der Waals surface area (Å²) < 4.78 is 37.0. The summed E-state index contributed by atoms with van der Waals surface area (Å²) in [7, 11) is 0. The molecule has 0 heterocycles. The number of amides is 1. The highest BCUT2D eigenvalue weighted by molar-refractivity contribution is 5.94. The van der Waals surface area contributed by atoms with Gasteiger partial charge in [0.1, 0.15) is 0 Å². The maximum Gasteiger partial charge on any atom is 0.416 e. The third-order valence-corrected chi connectivity index (χ3v) is 1.90. The molecule has 1 amide bonds. The minimum absolute atomic E-state index is 0.0974. The first-order valence-electron chi connectivity index (χ1n) is 3.80. The van der Waals surface area contributed by atoms with Crippen molar-refractivity contribution < 1.29 is 18.0 Å². The predicted octanol–water partition coefficient (Wildman–Crippen LogP) is 2.11. The normalized spacial score (nSPS) is 11.4. The van der Waals surface area contributed by atoms with Crippen molar-refractivity contribution in [2.45, 2.75) is 13.1 Å². The van der Waals surface area contributed by atoms with Gasteiger partial charge in [0.15, 0.2) is 0 Å². The number of alkyl halides is 3. The number of hydrogen-bond donors (Lipinski definition) is 1.